The van der Waals surface area contributed by atoms with Crippen LogP contribution >= 0.6 is 0 Å². The summed E-state index contributed by atoms with van der Waals surface area (Å²) in [6.45, 7) is 0.538. The van der Waals surface area contributed by atoms with Crippen molar-refractivity contribution in [1.29, 1.82) is 0 Å². The van der Waals surface area contributed by atoms with E-state index in [0.29, 0.717) is 11.3 Å². The average Bonchev–Trinajstić information content (AvgIpc) is 2.70. The van der Waals surface area contributed by atoms with Crippen LogP contribution in [-0.2, 0) is 0 Å². The molecule has 0 saturated carbocycles. The van der Waals surface area contributed by atoms with Crippen LogP contribution < -0.4 is 14.8 Å². The van der Waals surface area contributed by atoms with Crippen LogP contribution in [0.5, 0.6) is 11.5 Å². The highest BCUT2D eigenvalue weighted by atomic mass is 16.5. The predicted molar refractivity (Wildman–Crippen MR) is 103 cm³/mol. The second-order valence-corrected chi connectivity index (χ2v) is 5.53. The number of nitrogens with one attached hydrogen (secondary N) is 1. The lowest BCUT2D eigenvalue weighted by molar-refractivity contribution is 0.0958. The van der Waals surface area contributed by atoms with Crippen molar-refractivity contribution < 1.29 is 14.3 Å². The molecule has 0 bridgehead atoms. The Morgan fingerprint density at radius 3 is 2.54 bits per heavy atom. The van der Waals surface area contributed by atoms with Gasteiger partial charge in [0, 0.05) is 10.9 Å². The highest BCUT2D eigenvalue weighted by Crippen LogP contribution is 2.24. The Kier molecular flexibility index (Phi) is 5.74. The molecule has 1 amide bonds. The number of hydrogen-bond donors (Lipinski definition) is 1. The molecule has 3 rings (SSSR count). The molecule has 0 fully saturated rings. The molecule has 0 unspecified atom stereocenters. The second-order valence-electron chi connectivity index (χ2n) is 5.53. The highest BCUT2D eigenvalue weighted by Gasteiger charge is 2.03. The van der Waals surface area contributed by atoms with Crippen molar-refractivity contribution in [2.75, 3.05) is 20.3 Å². The molecule has 26 heavy (non-hydrogen) atoms. The fraction of sp³-hybridized carbons (Fsp3) is 0.136. The first kappa shape index (κ1) is 17.4. The molecule has 0 aromatic heterocycles. The van der Waals surface area contributed by atoms with Crippen LogP contribution in [0.1, 0.15) is 10.4 Å². The van der Waals surface area contributed by atoms with Gasteiger partial charge in [-0.1, -0.05) is 48.2 Å². The summed E-state index contributed by atoms with van der Waals surface area (Å²) in [4.78, 5) is 12.0. The van der Waals surface area contributed by atoms with E-state index in [-0.39, 0.29) is 19.1 Å². The lowest BCUT2D eigenvalue weighted by Gasteiger charge is -2.06. The number of rotatable bonds is 5. The average molecular weight is 345 g/mol. The Hall–Kier alpha value is -3.45. The Morgan fingerprint density at radius 2 is 1.73 bits per heavy atom. The van der Waals surface area contributed by atoms with Gasteiger partial charge in [-0.05, 0) is 35.7 Å². The number of methoxy groups -OCH3 is 1. The first-order valence-corrected chi connectivity index (χ1v) is 8.26. The van der Waals surface area contributed by atoms with Crippen LogP contribution in [-0.4, -0.2) is 26.2 Å². The Morgan fingerprint density at radius 1 is 0.962 bits per heavy atom. The molecule has 3 aromatic carbocycles. The maximum atomic E-state index is 12.0. The third-order valence-corrected chi connectivity index (χ3v) is 3.86. The topological polar surface area (TPSA) is 47.6 Å². The first-order chi connectivity index (χ1) is 12.8. The summed E-state index contributed by atoms with van der Waals surface area (Å²) in [7, 11) is 1.59. The SMILES string of the molecule is COc1ccc(C(=O)NCC#CCOc2cccc3ccccc23)cc1. The van der Waals surface area contributed by atoms with Gasteiger partial charge in [0.15, 0.2) is 0 Å². The van der Waals surface area contributed by atoms with Crippen LogP contribution in [0.4, 0.5) is 0 Å². The van der Waals surface area contributed by atoms with Gasteiger partial charge >= 0.3 is 0 Å². The van der Waals surface area contributed by atoms with E-state index < -0.39 is 0 Å². The monoisotopic (exact) mass is 345 g/mol. The number of fused-ring (bicyclic) bond motifs is 1. The molecule has 0 saturated heterocycles. The van der Waals surface area contributed by atoms with Gasteiger partial charge in [-0.25, -0.2) is 0 Å². The molecular weight excluding hydrogens is 326 g/mol. The molecule has 0 spiro atoms. The van der Waals surface area contributed by atoms with E-state index in [1.54, 1.807) is 31.4 Å². The van der Waals surface area contributed by atoms with E-state index in [0.717, 1.165) is 16.5 Å². The van der Waals surface area contributed by atoms with Crippen molar-refractivity contribution in [2.45, 2.75) is 0 Å². The summed E-state index contributed by atoms with van der Waals surface area (Å²) in [6, 6.07) is 20.9. The molecule has 130 valence electrons. The standard InChI is InChI=1S/C22H19NO3/c1-25-19-13-11-18(12-14-19)22(24)23-15-4-5-16-26-21-10-6-8-17-7-2-3-9-20(17)21/h2-3,6-14H,15-16H2,1H3,(H,23,24). The molecule has 1 N–H and O–H groups in total. The van der Waals surface area contributed by atoms with Gasteiger partial charge in [0.2, 0.25) is 0 Å². The van der Waals surface area contributed by atoms with E-state index in [9.17, 15) is 4.79 Å². The van der Waals surface area contributed by atoms with E-state index in [1.807, 2.05) is 42.5 Å². The third-order valence-electron chi connectivity index (χ3n) is 3.86. The molecule has 0 aliphatic heterocycles. The van der Waals surface area contributed by atoms with E-state index in [4.69, 9.17) is 9.47 Å². The maximum absolute atomic E-state index is 12.0. The zero-order valence-corrected chi connectivity index (χ0v) is 14.5. The van der Waals surface area contributed by atoms with Crippen LogP contribution in [0.2, 0.25) is 0 Å². The zero-order valence-electron chi connectivity index (χ0n) is 14.5. The minimum atomic E-state index is -0.170. The number of carbonyl (C=O) groups excluding carboxylic acids is 1. The van der Waals surface area contributed by atoms with Crippen LogP contribution in [0, 0.1) is 11.8 Å². The van der Waals surface area contributed by atoms with Crippen LogP contribution in [0.3, 0.4) is 0 Å². The smallest absolute Gasteiger partial charge is 0.252 e. The minimum absolute atomic E-state index is 0.170. The van der Waals surface area contributed by atoms with E-state index in [1.165, 1.54) is 0 Å². The summed E-state index contributed by atoms with van der Waals surface area (Å²) in [6.07, 6.45) is 0. The molecule has 4 nitrogen and oxygen atoms in total. The third kappa shape index (κ3) is 4.34. The van der Waals surface area contributed by atoms with E-state index in [2.05, 4.69) is 17.2 Å². The molecule has 0 heterocycles. The van der Waals surface area contributed by atoms with Gasteiger partial charge in [0.05, 0.1) is 13.7 Å². The summed E-state index contributed by atoms with van der Waals surface area (Å²) in [5.74, 6) is 7.16. The summed E-state index contributed by atoms with van der Waals surface area (Å²) in [5.41, 5.74) is 0.569. The van der Waals surface area contributed by atoms with Crippen LogP contribution in [0.15, 0.2) is 66.7 Å². The molecular formula is C22H19NO3. The largest absolute Gasteiger partial charge is 0.497 e. The summed E-state index contributed by atoms with van der Waals surface area (Å²) >= 11 is 0. The highest BCUT2D eigenvalue weighted by molar-refractivity contribution is 5.94. The second kappa shape index (κ2) is 8.59. The van der Waals surface area contributed by atoms with Crippen molar-refractivity contribution in [3.63, 3.8) is 0 Å². The van der Waals surface area contributed by atoms with Crippen LogP contribution in [0.25, 0.3) is 10.8 Å². The lowest BCUT2D eigenvalue weighted by Crippen LogP contribution is -2.23. The molecule has 0 atom stereocenters. The lowest BCUT2D eigenvalue weighted by atomic mass is 10.1. The number of benzene rings is 3. The van der Waals surface area contributed by atoms with Gasteiger partial charge in [0.25, 0.3) is 5.91 Å². The van der Waals surface area contributed by atoms with E-state index >= 15 is 0 Å². The number of carbonyl (C=O) groups is 1. The Labute approximate surface area is 152 Å². The fourth-order valence-corrected chi connectivity index (χ4v) is 2.52. The number of amides is 1. The minimum Gasteiger partial charge on any atom is -0.497 e. The summed E-state index contributed by atoms with van der Waals surface area (Å²) in [5, 5.41) is 4.94. The predicted octanol–water partition coefficient (Wildman–Crippen LogP) is 3.66. The van der Waals surface area contributed by atoms with Gasteiger partial charge < -0.3 is 14.8 Å². The Balaban J connectivity index is 1.49. The normalized spacial score (nSPS) is 9.88. The first-order valence-electron chi connectivity index (χ1n) is 8.26. The van der Waals surface area contributed by atoms with Crippen molar-refractivity contribution in [3.8, 4) is 23.3 Å². The fourth-order valence-electron chi connectivity index (χ4n) is 2.52. The molecule has 0 radical (unpaired) electrons. The number of hydrogen-bond acceptors (Lipinski definition) is 3. The zero-order chi connectivity index (χ0) is 18.2. The molecule has 3 aromatic rings. The van der Waals surface area contributed by atoms with Crippen molar-refractivity contribution >= 4 is 16.7 Å². The van der Waals surface area contributed by atoms with Gasteiger partial charge in [-0.3, -0.25) is 4.79 Å². The summed E-state index contributed by atoms with van der Waals surface area (Å²) < 4.78 is 10.8. The van der Waals surface area contributed by atoms with Crippen molar-refractivity contribution in [3.05, 3.63) is 72.3 Å². The molecule has 4 heteroatoms. The quantitative estimate of drug-likeness (QED) is 0.718. The maximum Gasteiger partial charge on any atom is 0.252 e. The number of ether oxygens (including phenoxy) is 2. The molecule has 0 aliphatic rings. The van der Waals surface area contributed by atoms with Crippen molar-refractivity contribution in [2.24, 2.45) is 0 Å². The van der Waals surface area contributed by atoms with Gasteiger partial charge in [0.1, 0.15) is 18.1 Å². The van der Waals surface area contributed by atoms with Gasteiger partial charge in [-0.15, -0.1) is 0 Å². The van der Waals surface area contributed by atoms with Crippen molar-refractivity contribution in [1.82, 2.24) is 5.32 Å². The van der Waals surface area contributed by atoms with Gasteiger partial charge in [-0.2, -0.15) is 0 Å². The Bertz CT molecular complexity index is 947. The molecule has 0 aliphatic carbocycles.